The quantitative estimate of drug-likeness (QED) is 0.575. The summed E-state index contributed by atoms with van der Waals surface area (Å²) in [5.74, 6) is 0.192. The number of anilines is 1. The summed E-state index contributed by atoms with van der Waals surface area (Å²) in [6.07, 6.45) is 3.38. The predicted molar refractivity (Wildman–Crippen MR) is 125 cm³/mol. The van der Waals surface area contributed by atoms with E-state index in [1.165, 1.54) is 10.4 Å². The van der Waals surface area contributed by atoms with Gasteiger partial charge in [0.2, 0.25) is 10.0 Å². The number of carbonyl (C=O) groups is 1. The van der Waals surface area contributed by atoms with E-state index in [4.69, 9.17) is 5.73 Å². The van der Waals surface area contributed by atoms with Gasteiger partial charge in [0.15, 0.2) is 0 Å². The van der Waals surface area contributed by atoms with E-state index in [0.29, 0.717) is 41.6 Å². The number of pyridine rings is 1. The number of piperidine rings is 1. The van der Waals surface area contributed by atoms with Crippen molar-refractivity contribution in [2.24, 2.45) is 13.0 Å². The van der Waals surface area contributed by atoms with Crippen LogP contribution in [0.15, 0.2) is 41.4 Å². The van der Waals surface area contributed by atoms with E-state index in [1.54, 1.807) is 30.8 Å². The average molecular weight is 456 g/mol. The van der Waals surface area contributed by atoms with Gasteiger partial charge >= 0.3 is 0 Å². The highest BCUT2D eigenvalue weighted by Gasteiger charge is 2.32. The van der Waals surface area contributed by atoms with Crippen molar-refractivity contribution in [3.8, 4) is 0 Å². The molecule has 0 radical (unpaired) electrons. The van der Waals surface area contributed by atoms with Crippen LogP contribution in [-0.2, 0) is 23.6 Å². The third-order valence-electron chi connectivity index (χ3n) is 6.41. The molecule has 1 aliphatic rings. The fourth-order valence-corrected chi connectivity index (χ4v) is 5.93. The molecule has 0 spiro atoms. The lowest BCUT2D eigenvalue weighted by molar-refractivity contribution is 0.0942. The van der Waals surface area contributed by atoms with E-state index < -0.39 is 10.0 Å². The minimum Gasteiger partial charge on any atom is -0.397 e. The van der Waals surface area contributed by atoms with Crippen LogP contribution in [0.2, 0.25) is 0 Å². The minimum absolute atomic E-state index is 0.196. The van der Waals surface area contributed by atoms with E-state index >= 15 is 0 Å². The van der Waals surface area contributed by atoms with Gasteiger partial charge in [-0.25, -0.2) is 8.42 Å². The Balaban J connectivity index is 1.56. The molecule has 1 fully saturated rings. The zero-order chi connectivity index (χ0) is 23.0. The Labute approximate surface area is 188 Å². The lowest BCUT2D eigenvalue weighted by atomic mass is 10.0. The highest BCUT2D eigenvalue weighted by Crippen LogP contribution is 2.27. The molecule has 8 nitrogen and oxygen atoms in total. The monoisotopic (exact) mass is 455 g/mol. The maximum Gasteiger partial charge on any atom is 0.268 e. The maximum atomic E-state index is 13.2. The summed E-state index contributed by atoms with van der Waals surface area (Å²) in [6.45, 7) is 5.17. The standard InChI is InChI=1S/C23H29N5O3S/c1-15-8-11-28(12-9-15)32(30,31)21-13-20(27(3)16(21)2)23(29)26-14-17-6-7-19(24)22-18(17)5-4-10-25-22/h4-7,10,13,15H,8-9,11-12,14,24H2,1-3H3,(H,26,29). The molecule has 1 aromatic carbocycles. The van der Waals surface area contributed by atoms with Crippen molar-refractivity contribution in [1.82, 2.24) is 19.2 Å². The molecule has 170 valence electrons. The van der Waals surface area contributed by atoms with Crippen molar-refractivity contribution in [3.05, 3.63) is 53.5 Å². The van der Waals surface area contributed by atoms with Crippen LogP contribution >= 0.6 is 0 Å². The van der Waals surface area contributed by atoms with Gasteiger partial charge in [-0.2, -0.15) is 4.31 Å². The Kier molecular flexibility index (Phi) is 5.96. The second-order valence-corrected chi connectivity index (χ2v) is 10.4. The van der Waals surface area contributed by atoms with Crippen molar-refractivity contribution in [2.75, 3.05) is 18.8 Å². The maximum absolute atomic E-state index is 13.2. The highest BCUT2D eigenvalue weighted by molar-refractivity contribution is 7.89. The van der Waals surface area contributed by atoms with Gasteiger partial charge in [-0.3, -0.25) is 9.78 Å². The summed E-state index contributed by atoms with van der Waals surface area (Å²) in [7, 11) is -1.93. The zero-order valence-electron chi connectivity index (χ0n) is 18.6. The Morgan fingerprint density at radius 3 is 2.69 bits per heavy atom. The smallest absolute Gasteiger partial charge is 0.268 e. The number of nitrogen functional groups attached to an aromatic ring is 1. The molecule has 3 heterocycles. The number of benzene rings is 1. The first kappa shape index (κ1) is 22.3. The van der Waals surface area contributed by atoms with Gasteiger partial charge in [-0.1, -0.05) is 19.1 Å². The largest absolute Gasteiger partial charge is 0.397 e. The van der Waals surface area contributed by atoms with Crippen molar-refractivity contribution >= 4 is 32.5 Å². The van der Waals surface area contributed by atoms with Gasteiger partial charge in [0.25, 0.3) is 5.91 Å². The molecule has 2 aromatic heterocycles. The summed E-state index contributed by atoms with van der Waals surface area (Å²) in [4.78, 5) is 17.5. The molecule has 0 atom stereocenters. The SMILES string of the molecule is Cc1c(S(=O)(=O)N2CCC(C)CC2)cc(C(=O)NCc2ccc(N)c3ncccc23)n1C. The molecular formula is C23H29N5O3S. The molecule has 3 aromatic rings. The molecule has 0 bridgehead atoms. The fourth-order valence-electron chi connectivity index (χ4n) is 4.19. The summed E-state index contributed by atoms with van der Waals surface area (Å²) < 4.78 is 29.6. The van der Waals surface area contributed by atoms with Crippen LogP contribution < -0.4 is 11.1 Å². The normalized spacial score (nSPS) is 15.8. The van der Waals surface area contributed by atoms with Crippen molar-refractivity contribution in [1.29, 1.82) is 0 Å². The van der Waals surface area contributed by atoms with Crippen LogP contribution in [-0.4, -0.2) is 41.3 Å². The number of carbonyl (C=O) groups excluding carboxylic acids is 1. The number of rotatable bonds is 5. The van der Waals surface area contributed by atoms with Gasteiger partial charge in [0.1, 0.15) is 10.6 Å². The van der Waals surface area contributed by atoms with E-state index in [9.17, 15) is 13.2 Å². The zero-order valence-corrected chi connectivity index (χ0v) is 19.4. The molecule has 3 N–H and O–H groups in total. The van der Waals surface area contributed by atoms with Gasteiger partial charge < -0.3 is 15.6 Å². The van der Waals surface area contributed by atoms with Crippen LogP contribution in [0.1, 0.15) is 41.5 Å². The van der Waals surface area contributed by atoms with Gasteiger partial charge in [-0.05, 0) is 49.4 Å². The molecule has 0 saturated carbocycles. The molecular weight excluding hydrogens is 426 g/mol. The molecule has 0 aliphatic carbocycles. The van der Waals surface area contributed by atoms with Gasteiger partial charge in [0, 0.05) is 44.0 Å². The number of sulfonamides is 1. The number of amides is 1. The number of aromatic nitrogens is 2. The third kappa shape index (κ3) is 3.98. The van der Waals surface area contributed by atoms with E-state index in [-0.39, 0.29) is 17.3 Å². The van der Waals surface area contributed by atoms with Crippen LogP contribution in [0.3, 0.4) is 0 Å². The third-order valence-corrected chi connectivity index (χ3v) is 8.43. The number of hydrogen-bond donors (Lipinski definition) is 2. The average Bonchev–Trinajstić information content (AvgIpc) is 3.09. The van der Waals surface area contributed by atoms with Crippen molar-refractivity contribution in [2.45, 2.75) is 38.1 Å². The van der Waals surface area contributed by atoms with E-state index in [0.717, 1.165) is 23.8 Å². The molecule has 0 unspecified atom stereocenters. The molecule has 1 amide bonds. The minimum atomic E-state index is -3.64. The topological polar surface area (TPSA) is 110 Å². The molecule has 1 saturated heterocycles. The lowest BCUT2D eigenvalue weighted by Crippen LogP contribution is -2.38. The number of fused-ring (bicyclic) bond motifs is 1. The molecule has 9 heteroatoms. The summed E-state index contributed by atoms with van der Waals surface area (Å²) in [6, 6.07) is 8.86. The lowest BCUT2D eigenvalue weighted by Gasteiger charge is -2.29. The first-order chi connectivity index (χ1) is 15.2. The molecule has 1 aliphatic heterocycles. The Bertz CT molecular complexity index is 1270. The number of nitrogens with two attached hydrogens (primary N) is 1. The summed E-state index contributed by atoms with van der Waals surface area (Å²) in [5.41, 5.74) is 9.03. The first-order valence-electron chi connectivity index (χ1n) is 10.8. The Morgan fingerprint density at radius 2 is 1.97 bits per heavy atom. The van der Waals surface area contributed by atoms with Gasteiger partial charge in [0.05, 0.1) is 11.2 Å². The Morgan fingerprint density at radius 1 is 1.25 bits per heavy atom. The number of nitrogens with zero attached hydrogens (tertiary/aromatic N) is 3. The highest BCUT2D eigenvalue weighted by atomic mass is 32.2. The van der Waals surface area contributed by atoms with E-state index in [2.05, 4.69) is 17.2 Å². The molecule has 4 rings (SSSR count). The first-order valence-corrected chi connectivity index (χ1v) is 12.2. The Hall–Kier alpha value is -2.91. The van der Waals surface area contributed by atoms with Crippen LogP contribution in [0.25, 0.3) is 10.9 Å². The van der Waals surface area contributed by atoms with Gasteiger partial charge in [-0.15, -0.1) is 0 Å². The second kappa shape index (κ2) is 8.55. The van der Waals surface area contributed by atoms with Crippen molar-refractivity contribution in [3.63, 3.8) is 0 Å². The van der Waals surface area contributed by atoms with E-state index in [1.807, 2.05) is 18.2 Å². The number of nitrogens with one attached hydrogen (secondary N) is 1. The summed E-state index contributed by atoms with van der Waals surface area (Å²) in [5, 5.41) is 3.78. The van der Waals surface area contributed by atoms with Crippen LogP contribution in [0.4, 0.5) is 5.69 Å². The fraction of sp³-hybridized carbons (Fsp3) is 0.391. The number of hydrogen-bond acceptors (Lipinski definition) is 5. The van der Waals surface area contributed by atoms with Crippen LogP contribution in [0, 0.1) is 12.8 Å². The molecule has 32 heavy (non-hydrogen) atoms. The van der Waals surface area contributed by atoms with Crippen LogP contribution in [0.5, 0.6) is 0 Å². The summed E-state index contributed by atoms with van der Waals surface area (Å²) >= 11 is 0. The van der Waals surface area contributed by atoms with Crippen molar-refractivity contribution < 1.29 is 13.2 Å². The second-order valence-electron chi connectivity index (χ2n) is 8.52. The predicted octanol–water partition coefficient (Wildman–Crippen LogP) is 2.81.